The molecular weight excluding hydrogens is 420 g/mol. The molecule has 0 saturated heterocycles. The minimum absolute atomic E-state index is 0.00594. The van der Waals surface area contributed by atoms with Crippen LogP contribution < -0.4 is 31.6 Å². The standard InChI is InChI=1S/C23H20N8O2/c1-32-15-6-2-4-13(8-15)11-33-16-7-3-5-14(9-16)20-18-19(26)17(10-24)21(27)30-22(18)31-23(29-20)28-12-25/h2-9,20H,11H2,1H3,(H6,26,27,28,29,30,31). The molecule has 0 fully saturated rings. The second-order valence-corrected chi connectivity index (χ2v) is 7.11. The normalized spacial score (nSPS) is 14.0. The number of pyridine rings is 1. The SMILES string of the molecule is COc1cccc(COc2cccc(C3N=C(NC#N)Nc4nc(N)c(C#N)c(N)c43)c2)c1. The van der Waals surface area contributed by atoms with Gasteiger partial charge in [-0.25, -0.2) is 9.98 Å². The number of anilines is 3. The highest BCUT2D eigenvalue weighted by atomic mass is 16.5. The summed E-state index contributed by atoms with van der Waals surface area (Å²) in [5.74, 6) is 1.87. The predicted molar refractivity (Wildman–Crippen MR) is 123 cm³/mol. The van der Waals surface area contributed by atoms with E-state index in [2.05, 4.69) is 20.6 Å². The third-order valence-corrected chi connectivity index (χ3v) is 5.07. The maximum absolute atomic E-state index is 9.46. The van der Waals surface area contributed by atoms with Gasteiger partial charge in [-0.15, -0.1) is 0 Å². The van der Waals surface area contributed by atoms with Gasteiger partial charge in [0.2, 0.25) is 5.96 Å². The lowest BCUT2D eigenvalue weighted by molar-refractivity contribution is 0.305. The minimum atomic E-state index is -0.641. The molecule has 0 bridgehead atoms. The molecule has 10 nitrogen and oxygen atoms in total. The van der Waals surface area contributed by atoms with Gasteiger partial charge in [0, 0.05) is 5.56 Å². The highest BCUT2D eigenvalue weighted by Crippen LogP contribution is 2.41. The van der Waals surface area contributed by atoms with Gasteiger partial charge in [-0.3, -0.25) is 5.32 Å². The van der Waals surface area contributed by atoms with Crippen molar-refractivity contribution in [2.24, 2.45) is 4.99 Å². The predicted octanol–water partition coefficient (Wildman–Crippen LogP) is 2.65. The first-order chi connectivity index (χ1) is 16.0. The van der Waals surface area contributed by atoms with Crippen LogP contribution in [0, 0.1) is 22.8 Å². The van der Waals surface area contributed by atoms with E-state index in [1.54, 1.807) is 7.11 Å². The van der Waals surface area contributed by atoms with Crippen molar-refractivity contribution in [1.82, 2.24) is 10.3 Å². The molecule has 2 aromatic carbocycles. The van der Waals surface area contributed by atoms with Gasteiger partial charge < -0.3 is 26.3 Å². The summed E-state index contributed by atoms with van der Waals surface area (Å²) in [4.78, 5) is 8.82. The average molecular weight is 440 g/mol. The van der Waals surface area contributed by atoms with Crippen molar-refractivity contribution in [2.45, 2.75) is 12.6 Å². The van der Waals surface area contributed by atoms with Gasteiger partial charge in [-0.1, -0.05) is 24.3 Å². The summed E-state index contributed by atoms with van der Waals surface area (Å²) in [7, 11) is 1.61. The zero-order valence-electron chi connectivity index (χ0n) is 17.7. The molecule has 33 heavy (non-hydrogen) atoms. The molecule has 1 aliphatic rings. The van der Waals surface area contributed by atoms with E-state index >= 15 is 0 Å². The van der Waals surface area contributed by atoms with Crippen LogP contribution in [0.15, 0.2) is 53.5 Å². The van der Waals surface area contributed by atoms with Gasteiger partial charge in [0.05, 0.1) is 12.8 Å². The molecule has 3 aromatic rings. The summed E-state index contributed by atoms with van der Waals surface area (Å²) in [6, 6.07) is 16.3. The number of nitrogen functional groups attached to an aromatic ring is 2. The number of ether oxygens (including phenoxy) is 2. The Balaban J connectivity index is 1.69. The fourth-order valence-electron chi connectivity index (χ4n) is 3.53. The quantitative estimate of drug-likeness (QED) is 0.344. The first-order valence-electron chi connectivity index (χ1n) is 9.88. The molecule has 6 N–H and O–H groups in total. The number of nitrogens with two attached hydrogens (primary N) is 2. The van der Waals surface area contributed by atoms with Crippen LogP contribution in [0.3, 0.4) is 0 Å². The second-order valence-electron chi connectivity index (χ2n) is 7.11. The van der Waals surface area contributed by atoms with Crippen LogP contribution in [0.2, 0.25) is 0 Å². The van der Waals surface area contributed by atoms with E-state index in [1.807, 2.05) is 60.8 Å². The summed E-state index contributed by atoms with van der Waals surface area (Å²) in [5, 5.41) is 23.9. The molecule has 1 aromatic heterocycles. The van der Waals surface area contributed by atoms with E-state index in [9.17, 15) is 5.26 Å². The average Bonchev–Trinajstić information content (AvgIpc) is 2.83. The number of methoxy groups -OCH3 is 1. The van der Waals surface area contributed by atoms with Crippen LogP contribution >= 0.6 is 0 Å². The minimum Gasteiger partial charge on any atom is -0.497 e. The summed E-state index contributed by atoms with van der Waals surface area (Å²) in [6.45, 7) is 0.340. The fraction of sp³-hybridized carbons (Fsp3) is 0.130. The highest BCUT2D eigenvalue weighted by Gasteiger charge is 2.29. The Morgan fingerprint density at radius 2 is 1.91 bits per heavy atom. The Bertz CT molecular complexity index is 1320. The Kier molecular flexibility index (Phi) is 5.83. The van der Waals surface area contributed by atoms with Crippen LogP contribution in [0.4, 0.5) is 17.3 Å². The number of rotatable bonds is 5. The fourth-order valence-corrected chi connectivity index (χ4v) is 3.53. The van der Waals surface area contributed by atoms with Gasteiger partial charge in [0.25, 0.3) is 0 Å². The third kappa shape index (κ3) is 4.27. The largest absolute Gasteiger partial charge is 0.497 e. The van der Waals surface area contributed by atoms with E-state index in [-0.39, 0.29) is 23.0 Å². The number of aromatic nitrogens is 1. The molecule has 10 heteroatoms. The smallest absolute Gasteiger partial charge is 0.211 e. The van der Waals surface area contributed by atoms with E-state index in [1.165, 1.54) is 0 Å². The molecule has 0 aliphatic carbocycles. The van der Waals surface area contributed by atoms with Gasteiger partial charge in [-0.2, -0.15) is 10.5 Å². The summed E-state index contributed by atoms with van der Waals surface area (Å²) < 4.78 is 11.2. The lowest BCUT2D eigenvalue weighted by atomic mass is 9.95. The van der Waals surface area contributed by atoms with Crippen molar-refractivity contribution in [3.05, 3.63) is 70.8 Å². The highest BCUT2D eigenvalue weighted by molar-refractivity contribution is 5.98. The van der Waals surface area contributed by atoms with Crippen LogP contribution in [0.25, 0.3) is 0 Å². The Hall–Kier alpha value is -4.96. The number of hydrogen-bond donors (Lipinski definition) is 4. The Labute approximate surface area is 190 Å². The van der Waals surface area contributed by atoms with E-state index in [0.717, 1.165) is 16.9 Å². The second kappa shape index (κ2) is 9.04. The van der Waals surface area contributed by atoms with Crippen molar-refractivity contribution < 1.29 is 9.47 Å². The molecular formula is C23H20N8O2. The molecule has 0 radical (unpaired) electrons. The van der Waals surface area contributed by atoms with Crippen LogP contribution in [-0.2, 0) is 6.61 Å². The number of benzene rings is 2. The molecule has 0 spiro atoms. The van der Waals surface area contributed by atoms with Gasteiger partial charge in [0.15, 0.2) is 6.19 Å². The molecule has 1 atom stereocenters. The van der Waals surface area contributed by atoms with E-state index in [0.29, 0.717) is 23.7 Å². The zero-order chi connectivity index (χ0) is 23.4. The molecule has 2 heterocycles. The molecule has 1 unspecified atom stereocenters. The van der Waals surface area contributed by atoms with E-state index in [4.69, 9.17) is 26.2 Å². The first-order valence-corrected chi connectivity index (χ1v) is 9.88. The van der Waals surface area contributed by atoms with Crippen LogP contribution in [-0.4, -0.2) is 18.1 Å². The van der Waals surface area contributed by atoms with Crippen molar-refractivity contribution in [3.63, 3.8) is 0 Å². The first kappa shape index (κ1) is 21.3. The van der Waals surface area contributed by atoms with E-state index < -0.39 is 6.04 Å². The summed E-state index contributed by atoms with van der Waals surface area (Å²) >= 11 is 0. The van der Waals surface area contributed by atoms with Crippen molar-refractivity contribution in [1.29, 1.82) is 10.5 Å². The summed E-state index contributed by atoms with van der Waals surface area (Å²) in [5.41, 5.74) is 14.6. The number of fused-ring (bicyclic) bond motifs is 1. The van der Waals surface area contributed by atoms with Gasteiger partial charge >= 0.3 is 0 Å². The molecule has 4 rings (SSSR count). The number of nitrogens with one attached hydrogen (secondary N) is 2. The number of guanidine groups is 1. The van der Waals surface area contributed by atoms with Crippen molar-refractivity contribution in [3.8, 4) is 23.8 Å². The molecule has 0 amide bonds. The number of nitrogens with zero attached hydrogens (tertiary/aromatic N) is 4. The number of hydrogen-bond acceptors (Lipinski definition) is 10. The van der Waals surface area contributed by atoms with Crippen molar-refractivity contribution in [2.75, 3.05) is 23.9 Å². The molecule has 0 saturated carbocycles. The van der Waals surface area contributed by atoms with Gasteiger partial charge in [0.1, 0.15) is 47.4 Å². The Morgan fingerprint density at radius 1 is 1.12 bits per heavy atom. The lowest BCUT2D eigenvalue weighted by Crippen LogP contribution is -2.32. The Morgan fingerprint density at radius 3 is 2.67 bits per heavy atom. The molecule has 1 aliphatic heterocycles. The van der Waals surface area contributed by atoms with Crippen molar-refractivity contribution >= 4 is 23.3 Å². The maximum atomic E-state index is 9.46. The van der Waals surface area contributed by atoms with Gasteiger partial charge in [-0.05, 0) is 35.4 Å². The topological polar surface area (TPSA) is 167 Å². The lowest BCUT2D eigenvalue weighted by Gasteiger charge is -2.26. The number of nitriles is 2. The monoisotopic (exact) mass is 440 g/mol. The zero-order valence-corrected chi connectivity index (χ0v) is 17.7. The molecule has 164 valence electrons. The maximum Gasteiger partial charge on any atom is 0.211 e. The number of aliphatic imine (C=N–C) groups is 1. The third-order valence-electron chi connectivity index (χ3n) is 5.07. The summed E-state index contributed by atoms with van der Waals surface area (Å²) in [6.07, 6.45) is 1.83. The van der Waals surface area contributed by atoms with Crippen LogP contribution in [0.1, 0.15) is 28.3 Å². The van der Waals surface area contributed by atoms with Crippen LogP contribution in [0.5, 0.6) is 11.5 Å².